The minimum Gasteiger partial charge on any atom is -0.465 e. The first-order chi connectivity index (χ1) is 9.98. The summed E-state index contributed by atoms with van der Waals surface area (Å²) < 4.78 is 38.5. The monoisotopic (exact) mass is 319 g/mol. The van der Waals surface area contributed by atoms with E-state index in [0.717, 1.165) is 17.0 Å². The van der Waals surface area contributed by atoms with Crippen LogP contribution in [0.1, 0.15) is 44.4 Å². The SMILES string of the molecule is CC(C)(C)N(C(=O)O)C(CCO)c1cccc(C(F)(F)F)c1. The number of aliphatic hydroxyl groups excluding tert-OH is 1. The summed E-state index contributed by atoms with van der Waals surface area (Å²) in [6, 6.07) is 3.69. The average Bonchev–Trinajstić information content (AvgIpc) is 2.35. The zero-order valence-corrected chi connectivity index (χ0v) is 12.7. The van der Waals surface area contributed by atoms with Gasteiger partial charge in [0.1, 0.15) is 0 Å². The van der Waals surface area contributed by atoms with Crippen LogP contribution in [0.25, 0.3) is 0 Å². The number of halogens is 3. The van der Waals surface area contributed by atoms with Crippen LogP contribution >= 0.6 is 0 Å². The van der Waals surface area contributed by atoms with Crippen molar-refractivity contribution in [3.8, 4) is 0 Å². The van der Waals surface area contributed by atoms with E-state index in [4.69, 9.17) is 0 Å². The van der Waals surface area contributed by atoms with Gasteiger partial charge in [-0.15, -0.1) is 0 Å². The summed E-state index contributed by atoms with van der Waals surface area (Å²) in [6.45, 7) is 4.62. The van der Waals surface area contributed by atoms with Gasteiger partial charge in [0, 0.05) is 12.1 Å². The van der Waals surface area contributed by atoms with Gasteiger partial charge in [0.2, 0.25) is 0 Å². The maximum Gasteiger partial charge on any atom is 0.416 e. The van der Waals surface area contributed by atoms with Crippen LogP contribution in [0.15, 0.2) is 24.3 Å². The Kier molecular flexibility index (Phi) is 5.45. The van der Waals surface area contributed by atoms with Crippen molar-refractivity contribution in [2.24, 2.45) is 0 Å². The molecule has 0 aliphatic heterocycles. The van der Waals surface area contributed by atoms with Crippen LogP contribution in [0, 0.1) is 0 Å². The van der Waals surface area contributed by atoms with E-state index in [-0.39, 0.29) is 18.6 Å². The third-order valence-corrected chi connectivity index (χ3v) is 3.24. The number of benzene rings is 1. The Morgan fingerprint density at radius 2 is 1.86 bits per heavy atom. The molecule has 124 valence electrons. The molecule has 0 aliphatic rings. The summed E-state index contributed by atoms with van der Waals surface area (Å²) in [6.07, 6.45) is -5.73. The van der Waals surface area contributed by atoms with Crippen LogP contribution in [0.3, 0.4) is 0 Å². The molecule has 0 saturated heterocycles. The van der Waals surface area contributed by atoms with Crippen molar-refractivity contribution < 1.29 is 28.2 Å². The molecule has 0 fully saturated rings. The first-order valence-corrected chi connectivity index (χ1v) is 6.78. The third kappa shape index (κ3) is 4.37. The number of rotatable bonds is 4. The molecule has 0 radical (unpaired) electrons. The smallest absolute Gasteiger partial charge is 0.416 e. The molecule has 0 saturated carbocycles. The third-order valence-electron chi connectivity index (χ3n) is 3.24. The number of carboxylic acid groups (broad SMARTS) is 1. The summed E-state index contributed by atoms with van der Waals surface area (Å²) >= 11 is 0. The van der Waals surface area contributed by atoms with Crippen LogP contribution < -0.4 is 0 Å². The van der Waals surface area contributed by atoms with Crippen molar-refractivity contribution in [1.82, 2.24) is 4.90 Å². The number of aliphatic hydroxyl groups is 1. The normalized spacial score (nSPS) is 13.8. The van der Waals surface area contributed by atoms with Crippen molar-refractivity contribution in [3.05, 3.63) is 35.4 Å². The maximum atomic E-state index is 12.8. The molecule has 1 aromatic carbocycles. The number of hydrogen-bond acceptors (Lipinski definition) is 2. The molecule has 0 aliphatic carbocycles. The molecule has 0 bridgehead atoms. The zero-order valence-electron chi connectivity index (χ0n) is 12.7. The Bertz CT molecular complexity index is 523. The highest BCUT2D eigenvalue weighted by Gasteiger charge is 2.36. The first kappa shape index (κ1) is 18.3. The average molecular weight is 319 g/mol. The number of amides is 1. The standard InChI is InChI=1S/C15H20F3NO3/c1-14(2,3)19(13(21)22)12(7-8-20)10-5-4-6-11(9-10)15(16,17)18/h4-6,9,12,20H,7-8H2,1-3H3,(H,21,22). The second-order valence-electron chi connectivity index (χ2n) is 5.97. The van der Waals surface area contributed by atoms with E-state index in [1.54, 1.807) is 20.8 Å². The Morgan fingerprint density at radius 1 is 1.27 bits per heavy atom. The van der Waals surface area contributed by atoms with Gasteiger partial charge in [-0.2, -0.15) is 13.2 Å². The Morgan fingerprint density at radius 3 is 2.27 bits per heavy atom. The first-order valence-electron chi connectivity index (χ1n) is 6.78. The molecule has 2 N–H and O–H groups in total. The molecular formula is C15H20F3NO3. The predicted molar refractivity (Wildman–Crippen MR) is 75.5 cm³/mol. The van der Waals surface area contributed by atoms with Crippen LogP contribution in [-0.4, -0.2) is 33.4 Å². The van der Waals surface area contributed by atoms with E-state index in [1.165, 1.54) is 12.1 Å². The fourth-order valence-corrected chi connectivity index (χ4v) is 2.38. The minimum absolute atomic E-state index is 0.0187. The molecule has 0 heterocycles. The Labute approximate surface area is 127 Å². The van der Waals surface area contributed by atoms with Gasteiger partial charge >= 0.3 is 12.3 Å². The molecular weight excluding hydrogens is 299 g/mol. The van der Waals surface area contributed by atoms with Crippen LogP contribution in [0.5, 0.6) is 0 Å². The van der Waals surface area contributed by atoms with E-state index in [9.17, 15) is 28.2 Å². The van der Waals surface area contributed by atoms with Crippen LogP contribution in [0.2, 0.25) is 0 Å². The fraction of sp³-hybridized carbons (Fsp3) is 0.533. The molecule has 7 heteroatoms. The lowest BCUT2D eigenvalue weighted by molar-refractivity contribution is -0.137. The van der Waals surface area contributed by atoms with Gasteiger partial charge in [-0.05, 0) is 44.9 Å². The summed E-state index contributed by atoms with van der Waals surface area (Å²) in [5.41, 5.74) is -1.45. The summed E-state index contributed by atoms with van der Waals surface area (Å²) in [4.78, 5) is 12.6. The van der Waals surface area contributed by atoms with Crippen LogP contribution in [0.4, 0.5) is 18.0 Å². The summed E-state index contributed by atoms with van der Waals surface area (Å²) in [5.74, 6) is 0. The molecule has 1 rings (SSSR count). The highest BCUT2D eigenvalue weighted by Crippen LogP contribution is 2.35. The lowest BCUT2D eigenvalue weighted by Crippen LogP contribution is -2.47. The molecule has 0 aromatic heterocycles. The maximum absolute atomic E-state index is 12.8. The van der Waals surface area contributed by atoms with Gasteiger partial charge in [0.15, 0.2) is 0 Å². The van der Waals surface area contributed by atoms with E-state index >= 15 is 0 Å². The molecule has 1 amide bonds. The van der Waals surface area contributed by atoms with Gasteiger partial charge in [0.05, 0.1) is 11.6 Å². The van der Waals surface area contributed by atoms with Gasteiger partial charge in [-0.25, -0.2) is 4.79 Å². The Hall–Kier alpha value is -1.76. The van der Waals surface area contributed by atoms with E-state index < -0.39 is 29.4 Å². The molecule has 1 aromatic rings. The minimum atomic E-state index is -4.50. The fourth-order valence-electron chi connectivity index (χ4n) is 2.38. The van der Waals surface area contributed by atoms with Crippen molar-refractivity contribution in [1.29, 1.82) is 0 Å². The number of nitrogens with zero attached hydrogens (tertiary/aromatic N) is 1. The highest BCUT2D eigenvalue weighted by molar-refractivity contribution is 5.67. The van der Waals surface area contributed by atoms with E-state index in [1.807, 2.05) is 0 Å². The number of hydrogen-bond donors (Lipinski definition) is 2. The van der Waals surface area contributed by atoms with Crippen LogP contribution in [-0.2, 0) is 6.18 Å². The molecule has 0 spiro atoms. The highest BCUT2D eigenvalue weighted by atomic mass is 19.4. The second-order valence-corrected chi connectivity index (χ2v) is 5.97. The van der Waals surface area contributed by atoms with Crippen molar-refractivity contribution in [2.45, 2.75) is 44.9 Å². The molecule has 1 atom stereocenters. The predicted octanol–water partition coefficient (Wildman–Crippen LogP) is 3.91. The van der Waals surface area contributed by atoms with E-state index in [2.05, 4.69) is 0 Å². The number of carbonyl (C=O) groups is 1. The van der Waals surface area contributed by atoms with E-state index in [0.29, 0.717) is 0 Å². The van der Waals surface area contributed by atoms with Gasteiger partial charge in [-0.1, -0.05) is 12.1 Å². The molecule has 22 heavy (non-hydrogen) atoms. The lowest BCUT2D eigenvalue weighted by Gasteiger charge is -2.40. The van der Waals surface area contributed by atoms with Gasteiger partial charge < -0.3 is 10.2 Å². The quantitative estimate of drug-likeness (QED) is 0.884. The number of alkyl halides is 3. The summed E-state index contributed by atoms with van der Waals surface area (Å²) in [5, 5.41) is 18.6. The second kappa shape index (κ2) is 6.56. The zero-order chi connectivity index (χ0) is 17.1. The van der Waals surface area contributed by atoms with Gasteiger partial charge in [0.25, 0.3) is 0 Å². The largest absolute Gasteiger partial charge is 0.465 e. The Balaban J connectivity index is 3.34. The lowest BCUT2D eigenvalue weighted by atomic mass is 9.95. The topological polar surface area (TPSA) is 60.8 Å². The van der Waals surface area contributed by atoms with Crippen molar-refractivity contribution in [3.63, 3.8) is 0 Å². The molecule has 4 nitrogen and oxygen atoms in total. The summed E-state index contributed by atoms with van der Waals surface area (Å²) in [7, 11) is 0. The van der Waals surface area contributed by atoms with Crippen molar-refractivity contribution >= 4 is 6.09 Å². The van der Waals surface area contributed by atoms with Gasteiger partial charge in [-0.3, -0.25) is 4.90 Å². The van der Waals surface area contributed by atoms with Crippen molar-refractivity contribution in [2.75, 3.05) is 6.61 Å². The molecule has 1 unspecified atom stereocenters.